The fraction of sp³-hybridized carbons (Fsp3) is 0.545. The fourth-order valence-electron chi connectivity index (χ4n) is 1.97. The van der Waals surface area contributed by atoms with E-state index in [0.717, 1.165) is 17.8 Å². The maximum atomic E-state index is 14.8. The SMILES string of the molecule is C[C@H](O)[C@@](F)(COP(=O)(O)O)O[C@H](CF)n1cnc2c(=O)[nH]c(N)nc21. The van der Waals surface area contributed by atoms with Gasteiger partial charge in [-0.25, -0.2) is 18.3 Å². The van der Waals surface area contributed by atoms with Gasteiger partial charge in [0.1, 0.15) is 19.4 Å². The highest BCUT2D eigenvalue weighted by Gasteiger charge is 2.42. The molecule has 2 rings (SSSR count). The molecule has 0 saturated carbocycles. The lowest BCUT2D eigenvalue weighted by Crippen LogP contribution is -2.45. The Morgan fingerprint density at radius 2 is 2.19 bits per heavy atom. The molecule has 2 heterocycles. The van der Waals surface area contributed by atoms with E-state index < -0.39 is 44.9 Å². The standard InChI is InChI=1S/C11H16F2N5O7P/c1-5(19)11(13,3-24-26(21,22)23)25-6(2-12)18-4-15-7-8(18)16-10(14)17-9(7)20/h4-6,19H,2-3H2,1H3,(H2,21,22,23)(H3,14,16,17,20)/t5-,6+,11+/m0/s1. The molecular formula is C11H16F2N5O7P. The summed E-state index contributed by atoms with van der Waals surface area (Å²) in [4.78, 5) is 38.7. The molecule has 0 unspecified atom stereocenters. The number of hydrogen-bond acceptors (Lipinski definition) is 8. The normalized spacial score (nSPS) is 17.2. The minimum absolute atomic E-state index is 0.224. The van der Waals surface area contributed by atoms with Crippen molar-refractivity contribution in [1.82, 2.24) is 19.5 Å². The first kappa shape index (κ1) is 20.4. The molecule has 15 heteroatoms. The number of nitrogens with two attached hydrogens (primary N) is 1. The van der Waals surface area contributed by atoms with Crippen LogP contribution < -0.4 is 11.3 Å². The van der Waals surface area contributed by atoms with Gasteiger partial charge in [-0.05, 0) is 6.92 Å². The Hall–Kier alpha value is -1.96. The number of H-pyrrole nitrogens is 1. The minimum atomic E-state index is -5.08. The van der Waals surface area contributed by atoms with Crippen LogP contribution in [0.25, 0.3) is 11.2 Å². The average molecular weight is 399 g/mol. The van der Waals surface area contributed by atoms with E-state index in [2.05, 4.69) is 19.5 Å². The third kappa shape index (κ3) is 4.41. The molecule has 0 amide bonds. The summed E-state index contributed by atoms with van der Waals surface area (Å²) in [5, 5.41) is 9.54. The predicted octanol–water partition coefficient (Wildman–Crippen LogP) is -0.658. The number of alkyl halides is 2. The number of fused-ring (bicyclic) bond motifs is 1. The van der Waals surface area contributed by atoms with Crippen LogP contribution in [0.15, 0.2) is 11.1 Å². The second-order valence-electron chi connectivity index (χ2n) is 5.23. The lowest BCUT2D eigenvalue weighted by atomic mass is 10.2. The van der Waals surface area contributed by atoms with E-state index in [9.17, 15) is 23.2 Å². The molecule has 3 atom stereocenters. The summed E-state index contributed by atoms with van der Waals surface area (Å²) in [6.07, 6.45) is -2.82. The van der Waals surface area contributed by atoms with Crippen LogP contribution in [0.5, 0.6) is 0 Å². The molecule has 0 aliphatic carbocycles. The van der Waals surface area contributed by atoms with Crippen molar-refractivity contribution in [3.8, 4) is 0 Å². The fourth-order valence-corrected chi connectivity index (χ4v) is 2.31. The summed E-state index contributed by atoms with van der Waals surface area (Å²) >= 11 is 0. The number of phosphoric acid groups is 1. The highest BCUT2D eigenvalue weighted by atomic mass is 31.2. The number of rotatable bonds is 8. The van der Waals surface area contributed by atoms with Crippen molar-refractivity contribution in [3.05, 3.63) is 16.7 Å². The minimum Gasteiger partial charge on any atom is -0.387 e. The number of halogens is 2. The number of hydrogen-bond donors (Lipinski definition) is 5. The smallest absolute Gasteiger partial charge is 0.387 e. The molecule has 0 aromatic carbocycles. The van der Waals surface area contributed by atoms with Gasteiger partial charge in [0, 0.05) is 0 Å². The quantitative estimate of drug-likeness (QED) is 0.357. The zero-order chi connectivity index (χ0) is 19.7. The summed E-state index contributed by atoms with van der Waals surface area (Å²) in [5.41, 5.74) is 4.22. The number of anilines is 1. The van der Waals surface area contributed by atoms with Gasteiger partial charge in [0.25, 0.3) is 11.4 Å². The van der Waals surface area contributed by atoms with Crippen LogP contribution in [0.3, 0.4) is 0 Å². The van der Waals surface area contributed by atoms with Crippen molar-refractivity contribution in [2.45, 2.75) is 25.1 Å². The van der Waals surface area contributed by atoms with Gasteiger partial charge in [-0.2, -0.15) is 4.98 Å². The van der Waals surface area contributed by atoms with Gasteiger partial charge in [0.2, 0.25) is 5.95 Å². The van der Waals surface area contributed by atoms with Crippen molar-refractivity contribution in [2.24, 2.45) is 0 Å². The number of nitrogens with one attached hydrogen (secondary N) is 1. The molecule has 6 N–H and O–H groups in total. The van der Waals surface area contributed by atoms with Gasteiger partial charge < -0.3 is 25.4 Å². The van der Waals surface area contributed by atoms with E-state index in [4.69, 9.17) is 20.3 Å². The Kier molecular flexibility index (Phi) is 5.75. The second kappa shape index (κ2) is 7.34. The van der Waals surface area contributed by atoms with E-state index in [-0.39, 0.29) is 17.1 Å². The molecule has 0 aliphatic rings. The zero-order valence-electron chi connectivity index (χ0n) is 13.2. The number of imidazole rings is 1. The Balaban J connectivity index is 2.38. The van der Waals surface area contributed by atoms with E-state index in [1.165, 1.54) is 0 Å². The van der Waals surface area contributed by atoms with Gasteiger partial charge in [-0.3, -0.25) is 18.9 Å². The molecule has 0 spiro atoms. The molecule has 26 heavy (non-hydrogen) atoms. The van der Waals surface area contributed by atoms with Crippen LogP contribution in [-0.2, 0) is 13.8 Å². The first-order valence-electron chi connectivity index (χ1n) is 7.00. The third-order valence-corrected chi connectivity index (χ3v) is 3.74. The number of aliphatic hydroxyl groups excluding tert-OH is 1. The maximum Gasteiger partial charge on any atom is 0.469 e. The molecule has 2 aromatic rings. The number of aromatic amines is 1. The van der Waals surface area contributed by atoms with Crippen molar-refractivity contribution < 1.29 is 37.5 Å². The molecule has 0 aliphatic heterocycles. The molecular weight excluding hydrogens is 383 g/mol. The van der Waals surface area contributed by atoms with Gasteiger partial charge in [0.15, 0.2) is 17.4 Å². The predicted molar refractivity (Wildman–Crippen MR) is 82.2 cm³/mol. The topological polar surface area (TPSA) is 186 Å². The Bertz CT molecular complexity index is 883. The lowest BCUT2D eigenvalue weighted by Gasteiger charge is -2.31. The molecule has 146 valence electrons. The number of nitrogens with zero attached hydrogens (tertiary/aromatic N) is 3. The van der Waals surface area contributed by atoms with E-state index >= 15 is 0 Å². The van der Waals surface area contributed by atoms with E-state index in [1.54, 1.807) is 0 Å². The van der Waals surface area contributed by atoms with E-state index in [0.29, 0.717) is 0 Å². The monoisotopic (exact) mass is 399 g/mol. The first-order chi connectivity index (χ1) is 12.0. The van der Waals surface area contributed by atoms with Crippen molar-refractivity contribution in [2.75, 3.05) is 19.0 Å². The van der Waals surface area contributed by atoms with Gasteiger partial charge in [0.05, 0.1) is 6.33 Å². The van der Waals surface area contributed by atoms with Crippen molar-refractivity contribution in [3.63, 3.8) is 0 Å². The molecule has 0 saturated heterocycles. The van der Waals surface area contributed by atoms with E-state index in [1.807, 2.05) is 0 Å². The summed E-state index contributed by atoms with van der Waals surface area (Å²) in [5.74, 6) is -3.50. The molecule has 0 radical (unpaired) electrons. The van der Waals surface area contributed by atoms with Crippen LogP contribution in [-0.4, -0.2) is 59.7 Å². The Morgan fingerprint density at radius 1 is 1.54 bits per heavy atom. The number of phosphoric ester groups is 1. The molecule has 12 nitrogen and oxygen atoms in total. The van der Waals surface area contributed by atoms with Crippen LogP contribution in [0.2, 0.25) is 0 Å². The van der Waals surface area contributed by atoms with Gasteiger partial charge in [-0.15, -0.1) is 0 Å². The first-order valence-corrected chi connectivity index (χ1v) is 8.53. The van der Waals surface area contributed by atoms with Gasteiger partial charge >= 0.3 is 7.82 Å². The van der Waals surface area contributed by atoms with Crippen LogP contribution in [0, 0.1) is 0 Å². The number of nitrogen functional groups attached to an aromatic ring is 1. The second-order valence-corrected chi connectivity index (χ2v) is 6.47. The largest absolute Gasteiger partial charge is 0.469 e. The third-order valence-electron chi connectivity index (χ3n) is 3.28. The summed E-state index contributed by atoms with van der Waals surface area (Å²) in [6.45, 7) is -1.85. The summed E-state index contributed by atoms with van der Waals surface area (Å²) in [7, 11) is -5.08. The Morgan fingerprint density at radius 3 is 2.73 bits per heavy atom. The van der Waals surface area contributed by atoms with Crippen molar-refractivity contribution in [1.29, 1.82) is 0 Å². The maximum absolute atomic E-state index is 14.8. The number of ether oxygens (including phenoxy) is 1. The Labute approximate surface area is 143 Å². The lowest BCUT2D eigenvalue weighted by molar-refractivity contribution is -0.260. The molecule has 0 bridgehead atoms. The summed E-state index contributed by atoms with van der Waals surface area (Å²) < 4.78 is 48.7. The van der Waals surface area contributed by atoms with Crippen molar-refractivity contribution >= 4 is 24.9 Å². The highest BCUT2D eigenvalue weighted by molar-refractivity contribution is 7.46. The summed E-state index contributed by atoms with van der Waals surface area (Å²) in [6, 6.07) is 0. The zero-order valence-corrected chi connectivity index (χ0v) is 14.1. The molecule has 2 aromatic heterocycles. The number of aliphatic hydroxyl groups is 1. The van der Waals surface area contributed by atoms with Crippen LogP contribution >= 0.6 is 7.82 Å². The number of aromatic nitrogens is 4. The van der Waals surface area contributed by atoms with Crippen LogP contribution in [0.4, 0.5) is 14.7 Å². The van der Waals surface area contributed by atoms with Gasteiger partial charge in [-0.1, -0.05) is 0 Å². The highest BCUT2D eigenvalue weighted by Crippen LogP contribution is 2.39. The molecule has 0 fully saturated rings. The average Bonchev–Trinajstić information content (AvgIpc) is 2.94. The van der Waals surface area contributed by atoms with Crippen LogP contribution in [0.1, 0.15) is 13.2 Å².